The third kappa shape index (κ3) is 6.20. The fourth-order valence-electron chi connectivity index (χ4n) is 2.33. The largest absolute Gasteiger partial charge is 0.469 e. The first kappa shape index (κ1) is 23.4. The maximum Gasteiger partial charge on any atom is 0.307 e. The first-order valence-corrected chi connectivity index (χ1v) is 9.02. The molecule has 0 aromatic heterocycles. The standard InChI is InChI=1S/C15H18Cl2N4O7/c1-28-14(22)2-5-18-15(23)10-8-12(19(6-3-16)7-4-17)13(21(26)27)9-11(10)20(24)25/h8-9H,2-7H2,1H3,(H,18,23). The minimum absolute atomic E-state index is 0.0185. The van der Waals surface area contributed by atoms with Gasteiger partial charge in [-0.1, -0.05) is 0 Å². The lowest BCUT2D eigenvalue weighted by molar-refractivity contribution is -0.393. The van der Waals surface area contributed by atoms with Crippen molar-refractivity contribution in [1.29, 1.82) is 0 Å². The zero-order valence-electron chi connectivity index (χ0n) is 14.9. The van der Waals surface area contributed by atoms with E-state index < -0.39 is 33.1 Å². The number of carbonyl (C=O) groups is 2. The number of rotatable bonds is 11. The SMILES string of the molecule is COC(=O)CCNC(=O)c1cc(N(CCCl)CCCl)c([N+](=O)[O-])cc1[N+](=O)[O-]. The van der Waals surface area contributed by atoms with Crippen molar-refractivity contribution in [1.82, 2.24) is 5.32 Å². The van der Waals surface area contributed by atoms with Gasteiger partial charge in [0.05, 0.1) is 29.4 Å². The summed E-state index contributed by atoms with van der Waals surface area (Å²) < 4.78 is 4.44. The highest BCUT2D eigenvalue weighted by Crippen LogP contribution is 2.35. The quantitative estimate of drug-likeness (QED) is 0.240. The molecular weight excluding hydrogens is 419 g/mol. The van der Waals surface area contributed by atoms with Crippen LogP contribution in [0.25, 0.3) is 0 Å². The highest BCUT2D eigenvalue weighted by Gasteiger charge is 2.30. The van der Waals surface area contributed by atoms with Crippen molar-refractivity contribution < 1.29 is 24.2 Å². The van der Waals surface area contributed by atoms with Gasteiger partial charge < -0.3 is 15.0 Å². The Morgan fingerprint density at radius 2 is 1.68 bits per heavy atom. The number of alkyl halides is 2. The molecule has 13 heteroatoms. The van der Waals surface area contributed by atoms with Gasteiger partial charge in [0.15, 0.2) is 0 Å². The average Bonchev–Trinajstić information content (AvgIpc) is 2.66. The zero-order valence-corrected chi connectivity index (χ0v) is 16.4. The first-order valence-electron chi connectivity index (χ1n) is 7.95. The Morgan fingerprint density at radius 1 is 1.11 bits per heavy atom. The van der Waals surface area contributed by atoms with Crippen LogP contribution in [0.3, 0.4) is 0 Å². The van der Waals surface area contributed by atoms with Crippen molar-refractivity contribution in [3.63, 3.8) is 0 Å². The number of esters is 1. The van der Waals surface area contributed by atoms with Gasteiger partial charge in [-0.15, -0.1) is 23.2 Å². The van der Waals surface area contributed by atoms with Crippen molar-refractivity contribution in [3.8, 4) is 0 Å². The minimum Gasteiger partial charge on any atom is -0.469 e. The van der Waals surface area contributed by atoms with Crippen LogP contribution in [-0.4, -0.2) is 60.2 Å². The van der Waals surface area contributed by atoms with Gasteiger partial charge in [-0.25, -0.2) is 0 Å². The molecule has 28 heavy (non-hydrogen) atoms. The summed E-state index contributed by atoms with van der Waals surface area (Å²) in [5.74, 6) is -1.20. The topological polar surface area (TPSA) is 145 Å². The lowest BCUT2D eigenvalue weighted by Gasteiger charge is -2.23. The number of anilines is 1. The molecule has 1 N–H and O–H groups in total. The molecule has 0 fully saturated rings. The van der Waals surface area contributed by atoms with Crippen LogP contribution in [0.2, 0.25) is 0 Å². The summed E-state index contributed by atoms with van der Waals surface area (Å²) in [6, 6.07) is 1.78. The molecule has 0 saturated carbocycles. The Hall–Kier alpha value is -2.66. The van der Waals surface area contributed by atoms with Gasteiger partial charge in [0, 0.05) is 31.4 Å². The number of nitro groups is 2. The summed E-state index contributed by atoms with van der Waals surface area (Å²) in [6.07, 6.45) is -0.138. The van der Waals surface area contributed by atoms with E-state index in [9.17, 15) is 29.8 Å². The lowest BCUT2D eigenvalue weighted by atomic mass is 10.1. The fourth-order valence-corrected chi connectivity index (χ4v) is 2.74. The van der Waals surface area contributed by atoms with Crippen LogP contribution in [0.15, 0.2) is 12.1 Å². The molecule has 154 valence electrons. The van der Waals surface area contributed by atoms with E-state index in [0.29, 0.717) is 0 Å². The number of halogens is 2. The molecule has 1 aromatic rings. The molecule has 1 rings (SSSR count). The third-order valence-electron chi connectivity index (χ3n) is 3.62. The molecule has 0 aliphatic heterocycles. The van der Waals surface area contributed by atoms with Gasteiger partial charge >= 0.3 is 5.97 Å². The predicted octanol–water partition coefficient (Wildman–Crippen LogP) is 2.08. The van der Waals surface area contributed by atoms with Crippen LogP contribution >= 0.6 is 23.2 Å². The number of hydrogen-bond donors (Lipinski definition) is 1. The summed E-state index contributed by atoms with van der Waals surface area (Å²) >= 11 is 11.4. The van der Waals surface area contributed by atoms with Gasteiger partial charge in [0.2, 0.25) is 0 Å². The van der Waals surface area contributed by atoms with Gasteiger partial charge in [0.1, 0.15) is 11.3 Å². The summed E-state index contributed by atoms with van der Waals surface area (Å²) in [5, 5.41) is 25.1. The number of nitro benzene ring substituents is 2. The zero-order chi connectivity index (χ0) is 21.3. The molecule has 1 amide bonds. The van der Waals surface area contributed by atoms with Gasteiger partial charge in [-0.05, 0) is 6.07 Å². The van der Waals surface area contributed by atoms with Crippen molar-refractivity contribution in [3.05, 3.63) is 37.9 Å². The third-order valence-corrected chi connectivity index (χ3v) is 3.96. The number of benzene rings is 1. The summed E-state index contributed by atoms with van der Waals surface area (Å²) in [6.45, 7) is 0.231. The molecule has 0 atom stereocenters. The molecule has 0 aliphatic carbocycles. The Bertz CT molecular complexity index is 754. The number of hydrogen-bond acceptors (Lipinski definition) is 8. The number of methoxy groups -OCH3 is 1. The van der Waals surface area contributed by atoms with Crippen molar-refractivity contribution in [2.24, 2.45) is 0 Å². The predicted molar refractivity (Wildman–Crippen MR) is 102 cm³/mol. The Balaban J connectivity index is 3.38. The minimum atomic E-state index is -0.889. The van der Waals surface area contributed by atoms with Crippen LogP contribution in [-0.2, 0) is 9.53 Å². The second-order valence-electron chi connectivity index (χ2n) is 5.32. The number of nitrogens with zero attached hydrogens (tertiary/aromatic N) is 3. The molecule has 0 radical (unpaired) electrons. The van der Waals surface area contributed by atoms with Crippen molar-refractivity contribution in [2.75, 3.05) is 43.4 Å². The second-order valence-corrected chi connectivity index (χ2v) is 6.08. The highest BCUT2D eigenvalue weighted by atomic mass is 35.5. The van der Waals surface area contributed by atoms with E-state index in [1.807, 2.05) is 0 Å². The Labute approximate surface area is 169 Å². The number of nitrogens with one attached hydrogen (secondary N) is 1. The normalized spacial score (nSPS) is 10.2. The van der Waals surface area contributed by atoms with E-state index in [1.54, 1.807) is 0 Å². The summed E-state index contributed by atoms with van der Waals surface area (Å²) in [7, 11) is 1.18. The molecule has 0 unspecified atom stereocenters. The molecule has 0 saturated heterocycles. The fraction of sp³-hybridized carbons (Fsp3) is 0.467. The van der Waals surface area contributed by atoms with E-state index in [4.69, 9.17) is 23.2 Å². The number of amides is 1. The molecular formula is C15H18Cl2N4O7. The molecule has 0 aliphatic rings. The maximum atomic E-state index is 12.4. The van der Waals surface area contributed by atoms with Crippen LogP contribution in [0.5, 0.6) is 0 Å². The molecule has 1 aromatic carbocycles. The highest BCUT2D eigenvalue weighted by molar-refractivity contribution is 6.18. The van der Waals surface area contributed by atoms with Gasteiger partial charge in [-0.3, -0.25) is 29.8 Å². The maximum absolute atomic E-state index is 12.4. The number of carbonyl (C=O) groups excluding carboxylic acids is 2. The van der Waals surface area contributed by atoms with E-state index in [0.717, 1.165) is 12.1 Å². The second kappa shape index (κ2) is 11.2. The van der Waals surface area contributed by atoms with Crippen molar-refractivity contribution in [2.45, 2.75) is 6.42 Å². The molecule has 11 nitrogen and oxygen atoms in total. The average molecular weight is 437 g/mol. The van der Waals surface area contributed by atoms with Crippen LogP contribution in [0, 0.1) is 20.2 Å². The van der Waals surface area contributed by atoms with E-state index in [1.165, 1.54) is 12.0 Å². The smallest absolute Gasteiger partial charge is 0.307 e. The number of ether oxygens (including phenoxy) is 1. The van der Waals surface area contributed by atoms with Crippen LogP contribution in [0.1, 0.15) is 16.8 Å². The monoisotopic (exact) mass is 436 g/mol. The molecule has 0 heterocycles. The lowest BCUT2D eigenvalue weighted by Crippen LogP contribution is -2.30. The van der Waals surface area contributed by atoms with Crippen LogP contribution in [0.4, 0.5) is 17.1 Å². The summed E-state index contributed by atoms with van der Waals surface area (Å²) in [4.78, 5) is 46.1. The summed E-state index contributed by atoms with van der Waals surface area (Å²) in [5.41, 5.74) is -1.68. The van der Waals surface area contributed by atoms with E-state index >= 15 is 0 Å². The van der Waals surface area contributed by atoms with Gasteiger partial charge in [-0.2, -0.15) is 0 Å². The Kier molecular flexibility index (Phi) is 9.39. The first-order chi connectivity index (χ1) is 13.3. The Morgan fingerprint density at radius 3 is 2.14 bits per heavy atom. The molecule has 0 spiro atoms. The van der Waals surface area contributed by atoms with E-state index in [-0.39, 0.29) is 49.1 Å². The van der Waals surface area contributed by atoms with Gasteiger partial charge in [0.25, 0.3) is 17.3 Å². The van der Waals surface area contributed by atoms with Crippen LogP contribution < -0.4 is 10.2 Å². The van der Waals surface area contributed by atoms with Crippen molar-refractivity contribution >= 4 is 52.1 Å². The van der Waals surface area contributed by atoms with E-state index in [2.05, 4.69) is 10.1 Å². The molecule has 0 bridgehead atoms.